The van der Waals surface area contributed by atoms with Gasteiger partial charge in [-0.3, -0.25) is 9.59 Å². The molecule has 0 bridgehead atoms. The average Bonchev–Trinajstić information content (AvgIpc) is 3.19. The Bertz CT molecular complexity index is 1320. The van der Waals surface area contributed by atoms with Crippen LogP contribution in [0.3, 0.4) is 0 Å². The lowest BCUT2D eigenvalue weighted by atomic mass is 10.3. The Hall–Kier alpha value is -3.01. The molecule has 0 fully saturated rings. The maximum absolute atomic E-state index is 12.4. The van der Waals surface area contributed by atoms with Crippen molar-refractivity contribution in [1.82, 2.24) is 19.7 Å². The SMILES string of the molecule is COc1ccc(-n2ncc3c(=O)[nH]c(SCC(=O)Nc4ccc(Cl)c(Cl)c4)nc32)cc1. The van der Waals surface area contributed by atoms with Gasteiger partial charge in [-0.25, -0.2) is 9.67 Å². The van der Waals surface area contributed by atoms with Gasteiger partial charge in [-0.1, -0.05) is 35.0 Å². The van der Waals surface area contributed by atoms with Crippen LogP contribution in [0.25, 0.3) is 16.7 Å². The molecule has 0 saturated carbocycles. The topological polar surface area (TPSA) is 102 Å². The molecule has 4 rings (SSSR count). The fourth-order valence-electron chi connectivity index (χ4n) is 2.78. The van der Waals surface area contributed by atoms with E-state index in [2.05, 4.69) is 20.4 Å². The van der Waals surface area contributed by atoms with Gasteiger partial charge in [-0.15, -0.1) is 0 Å². The van der Waals surface area contributed by atoms with Crippen LogP contribution in [0, 0.1) is 0 Å². The number of hydrogen-bond donors (Lipinski definition) is 2. The van der Waals surface area contributed by atoms with Gasteiger partial charge >= 0.3 is 0 Å². The fraction of sp³-hybridized carbons (Fsp3) is 0.100. The van der Waals surface area contributed by atoms with E-state index in [1.807, 2.05) is 12.1 Å². The molecule has 31 heavy (non-hydrogen) atoms. The lowest BCUT2D eigenvalue weighted by molar-refractivity contribution is -0.113. The first-order valence-electron chi connectivity index (χ1n) is 8.95. The van der Waals surface area contributed by atoms with Crippen LogP contribution >= 0.6 is 35.0 Å². The lowest BCUT2D eigenvalue weighted by Gasteiger charge is -2.07. The van der Waals surface area contributed by atoms with Gasteiger partial charge in [0.05, 0.1) is 34.8 Å². The molecule has 2 aromatic heterocycles. The molecule has 158 valence electrons. The zero-order valence-electron chi connectivity index (χ0n) is 16.1. The number of amides is 1. The van der Waals surface area contributed by atoms with Crippen molar-refractivity contribution in [2.24, 2.45) is 0 Å². The Morgan fingerprint density at radius 1 is 1.19 bits per heavy atom. The number of carbonyl (C=O) groups is 1. The number of rotatable bonds is 6. The van der Waals surface area contributed by atoms with Crippen LogP contribution < -0.4 is 15.6 Å². The van der Waals surface area contributed by atoms with E-state index in [0.717, 1.165) is 17.4 Å². The Kier molecular flexibility index (Phi) is 6.17. The number of nitrogens with one attached hydrogen (secondary N) is 2. The minimum atomic E-state index is -0.336. The van der Waals surface area contributed by atoms with E-state index in [0.29, 0.717) is 37.7 Å². The Balaban J connectivity index is 1.53. The summed E-state index contributed by atoms with van der Waals surface area (Å²) in [5.41, 5.74) is 1.30. The van der Waals surface area contributed by atoms with Crippen molar-refractivity contribution in [3.8, 4) is 11.4 Å². The fourth-order valence-corrected chi connectivity index (χ4v) is 3.74. The minimum absolute atomic E-state index is 0.0331. The third-order valence-corrected chi connectivity index (χ3v) is 5.89. The molecular weight excluding hydrogens is 461 g/mol. The zero-order valence-corrected chi connectivity index (χ0v) is 18.4. The number of thioether (sulfide) groups is 1. The summed E-state index contributed by atoms with van der Waals surface area (Å²) in [6.07, 6.45) is 1.46. The molecular formula is C20H15Cl2N5O3S. The maximum Gasteiger partial charge on any atom is 0.262 e. The summed E-state index contributed by atoms with van der Waals surface area (Å²) in [7, 11) is 1.58. The van der Waals surface area contributed by atoms with Crippen LogP contribution in [0.5, 0.6) is 5.75 Å². The van der Waals surface area contributed by atoms with Crippen molar-refractivity contribution < 1.29 is 9.53 Å². The number of anilines is 1. The number of carbonyl (C=O) groups excluding carboxylic acids is 1. The van der Waals surface area contributed by atoms with Gasteiger partial charge in [0.1, 0.15) is 11.1 Å². The van der Waals surface area contributed by atoms with Gasteiger partial charge in [-0.05, 0) is 42.5 Å². The van der Waals surface area contributed by atoms with Crippen molar-refractivity contribution in [2.75, 3.05) is 18.2 Å². The average molecular weight is 476 g/mol. The summed E-state index contributed by atoms with van der Waals surface area (Å²) in [4.78, 5) is 31.9. The van der Waals surface area contributed by atoms with Crippen LogP contribution in [-0.4, -0.2) is 38.5 Å². The standard InChI is InChI=1S/C20H15Cl2N5O3S/c1-30-13-5-3-12(4-6-13)27-18-14(9-23-27)19(29)26-20(25-18)31-10-17(28)24-11-2-7-15(21)16(22)8-11/h2-9H,10H2,1H3,(H,24,28)(H,25,26,29). The number of H-pyrrole nitrogens is 1. The van der Waals surface area contributed by atoms with Gasteiger partial charge in [0.2, 0.25) is 5.91 Å². The molecule has 0 radical (unpaired) electrons. The molecule has 0 aliphatic rings. The molecule has 0 aliphatic heterocycles. The third-order valence-electron chi connectivity index (χ3n) is 4.28. The monoisotopic (exact) mass is 475 g/mol. The van der Waals surface area contributed by atoms with Gasteiger partial charge in [0, 0.05) is 5.69 Å². The molecule has 8 nitrogen and oxygen atoms in total. The van der Waals surface area contributed by atoms with Gasteiger partial charge in [0.25, 0.3) is 5.56 Å². The predicted octanol–water partition coefficient (Wildman–Crippen LogP) is 4.16. The maximum atomic E-state index is 12.4. The number of aromatic nitrogens is 4. The van der Waals surface area contributed by atoms with Crippen LogP contribution in [0.2, 0.25) is 10.0 Å². The van der Waals surface area contributed by atoms with E-state index in [1.54, 1.807) is 42.1 Å². The van der Waals surface area contributed by atoms with Gasteiger partial charge in [-0.2, -0.15) is 5.10 Å². The smallest absolute Gasteiger partial charge is 0.262 e. The highest BCUT2D eigenvalue weighted by atomic mass is 35.5. The summed E-state index contributed by atoms with van der Waals surface area (Å²) in [6, 6.07) is 12.0. The molecule has 4 aromatic rings. The van der Waals surface area contributed by atoms with E-state index in [9.17, 15) is 9.59 Å². The van der Waals surface area contributed by atoms with E-state index in [4.69, 9.17) is 27.9 Å². The minimum Gasteiger partial charge on any atom is -0.497 e. The summed E-state index contributed by atoms with van der Waals surface area (Å²) >= 11 is 12.9. The summed E-state index contributed by atoms with van der Waals surface area (Å²) in [5, 5.41) is 8.39. The van der Waals surface area contributed by atoms with E-state index in [1.165, 1.54) is 6.20 Å². The number of halogens is 2. The first-order chi connectivity index (χ1) is 14.9. The molecule has 1 amide bonds. The van der Waals surface area contributed by atoms with E-state index >= 15 is 0 Å². The molecule has 0 saturated heterocycles. The zero-order chi connectivity index (χ0) is 22.0. The summed E-state index contributed by atoms with van der Waals surface area (Å²) in [6.45, 7) is 0. The van der Waals surface area contributed by atoms with E-state index in [-0.39, 0.29) is 17.2 Å². The lowest BCUT2D eigenvalue weighted by Crippen LogP contribution is -2.15. The molecule has 0 aliphatic carbocycles. The predicted molar refractivity (Wildman–Crippen MR) is 122 cm³/mol. The van der Waals surface area contributed by atoms with Crippen LogP contribution in [0.1, 0.15) is 0 Å². The Labute approximate surface area is 190 Å². The summed E-state index contributed by atoms with van der Waals surface area (Å²) < 4.78 is 6.73. The normalized spacial score (nSPS) is 10.9. The highest BCUT2D eigenvalue weighted by molar-refractivity contribution is 7.99. The van der Waals surface area contributed by atoms with Crippen molar-refractivity contribution >= 4 is 57.6 Å². The molecule has 2 heterocycles. The number of fused-ring (bicyclic) bond motifs is 1. The number of benzene rings is 2. The largest absolute Gasteiger partial charge is 0.497 e. The van der Waals surface area contributed by atoms with E-state index < -0.39 is 0 Å². The molecule has 2 N–H and O–H groups in total. The van der Waals surface area contributed by atoms with Crippen molar-refractivity contribution in [2.45, 2.75) is 5.16 Å². The van der Waals surface area contributed by atoms with Crippen LogP contribution in [-0.2, 0) is 4.79 Å². The molecule has 2 aromatic carbocycles. The van der Waals surface area contributed by atoms with Gasteiger partial charge in [0.15, 0.2) is 10.8 Å². The van der Waals surface area contributed by atoms with Crippen LogP contribution in [0.15, 0.2) is 58.6 Å². The molecule has 0 spiro atoms. The van der Waals surface area contributed by atoms with Crippen molar-refractivity contribution in [3.05, 3.63) is 69.1 Å². The highest BCUT2D eigenvalue weighted by Crippen LogP contribution is 2.25. The highest BCUT2D eigenvalue weighted by Gasteiger charge is 2.13. The van der Waals surface area contributed by atoms with Crippen molar-refractivity contribution in [3.63, 3.8) is 0 Å². The third kappa shape index (κ3) is 4.68. The molecule has 0 unspecified atom stereocenters. The second-order valence-corrected chi connectivity index (χ2v) is 8.11. The first-order valence-corrected chi connectivity index (χ1v) is 10.7. The number of nitrogens with zero attached hydrogens (tertiary/aromatic N) is 3. The number of hydrogen-bond acceptors (Lipinski definition) is 6. The quantitative estimate of drug-likeness (QED) is 0.320. The second-order valence-electron chi connectivity index (χ2n) is 6.33. The Morgan fingerprint density at radius 3 is 2.68 bits per heavy atom. The second kappa shape index (κ2) is 9.01. The van der Waals surface area contributed by atoms with Crippen molar-refractivity contribution in [1.29, 1.82) is 0 Å². The van der Waals surface area contributed by atoms with Gasteiger partial charge < -0.3 is 15.0 Å². The van der Waals surface area contributed by atoms with Crippen LogP contribution in [0.4, 0.5) is 5.69 Å². The number of ether oxygens (including phenoxy) is 1. The Morgan fingerprint density at radius 2 is 1.97 bits per heavy atom. The molecule has 0 atom stereocenters. The first kappa shape index (κ1) is 21.2. The summed E-state index contributed by atoms with van der Waals surface area (Å²) in [5.74, 6) is 0.454. The molecule has 11 heteroatoms. The number of aromatic amines is 1. The number of methoxy groups -OCH3 is 1.